The Bertz CT molecular complexity index is 2280. The zero-order valence-corrected chi connectivity index (χ0v) is 41.9. The Morgan fingerprint density at radius 3 is 2.01 bits per heavy atom. The van der Waals surface area contributed by atoms with E-state index in [9.17, 15) is 24.3 Å². The van der Waals surface area contributed by atoms with Crippen molar-refractivity contribution in [3.8, 4) is 0 Å². The van der Waals surface area contributed by atoms with E-state index in [0.717, 1.165) is 0 Å². The van der Waals surface area contributed by atoms with Gasteiger partial charge in [0, 0.05) is 37.1 Å². The number of allylic oxidation sites excluding steroid dienone is 1. The maximum absolute atomic E-state index is 15.7. The molecular formula is C51H68N2O13Si. The number of carbonyl (C=O) groups is 6. The molecule has 1 saturated carbocycles. The van der Waals surface area contributed by atoms with Crippen molar-refractivity contribution in [3.05, 3.63) is 95.3 Å². The average molecular weight is 945 g/mol. The molecule has 6 rings (SSSR count). The van der Waals surface area contributed by atoms with Crippen LogP contribution in [-0.2, 0) is 47.3 Å². The van der Waals surface area contributed by atoms with Gasteiger partial charge in [-0.1, -0.05) is 95.3 Å². The first-order valence-electron chi connectivity index (χ1n) is 23.3. The van der Waals surface area contributed by atoms with Crippen LogP contribution in [0.25, 0.3) is 0 Å². The first-order valence-corrected chi connectivity index (χ1v) is 25.8. The standard InChI is InChI=1S/C51H68N2O13Si/c1-13-67(14-2,15-3)66-40(38(33-22-18-16-19-23-33)52-46(59)53-47(7,8)9)45(58)63-35-28-51(60)43(64-44(57)34-24-20-17-21-25-34)41-49(12,27-26-36-50(41,29-61-36)65-32(6)55)42(56)39(62-31(5)54)37(30(35)4)48(51,10)11/h16-27,36-41,43,60H,13-15,28-29H2,1-12H3,(H2,52,53,59)/t36-,37?,38+,39-,40-,41+,43+,49-,50+,51-/m1/s1. The maximum Gasteiger partial charge on any atom is 0.341 e. The summed E-state index contributed by atoms with van der Waals surface area (Å²) < 4.78 is 38.3. The number of hydrogen-bond donors (Lipinski definition) is 3. The van der Waals surface area contributed by atoms with Gasteiger partial charge in [-0.15, -0.1) is 0 Å². The fourth-order valence-electron chi connectivity index (χ4n) is 10.9. The number of esters is 4. The van der Waals surface area contributed by atoms with Gasteiger partial charge in [0.15, 0.2) is 31.9 Å². The fraction of sp³-hybridized carbons (Fsp3) is 0.569. The molecule has 1 aliphatic heterocycles. The molecule has 1 heterocycles. The van der Waals surface area contributed by atoms with Crippen LogP contribution in [0.2, 0.25) is 18.1 Å². The van der Waals surface area contributed by atoms with Crippen molar-refractivity contribution in [1.29, 1.82) is 0 Å². The molecule has 2 bridgehead atoms. The highest BCUT2D eigenvalue weighted by Crippen LogP contribution is 2.64. The van der Waals surface area contributed by atoms with Gasteiger partial charge in [0.2, 0.25) is 0 Å². The smallest absolute Gasteiger partial charge is 0.341 e. The second-order valence-electron chi connectivity index (χ2n) is 20.3. The summed E-state index contributed by atoms with van der Waals surface area (Å²) in [6.45, 7) is 20.3. The number of benzene rings is 2. The van der Waals surface area contributed by atoms with E-state index in [2.05, 4.69) is 10.6 Å². The summed E-state index contributed by atoms with van der Waals surface area (Å²) in [5.41, 5.74) is -6.79. The van der Waals surface area contributed by atoms with Crippen molar-refractivity contribution >= 4 is 44.0 Å². The summed E-state index contributed by atoms with van der Waals surface area (Å²) in [5.74, 6) is -6.49. The molecule has 16 heteroatoms. The molecule has 67 heavy (non-hydrogen) atoms. The third kappa shape index (κ3) is 9.51. The van der Waals surface area contributed by atoms with Gasteiger partial charge in [0.05, 0.1) is 29.5 Å². The Hall–Kier alpha value is -5.16. The van der Waals surface area contributed by atoms with Crippen molar-refractivity contribution in [2.75, 3.05) is 6.61 Å². The van der Waals surface area contributed by atoms with E-state index in [4.69, 9.17) is 28.1 Å². The van der Waals surface area contributed by atoms with Crippen LogP contribution in [0, 0.1) is 22.7 Å². The fourth-order valence-corrected chi connectivity index (χ4v) is 13.7. The minimum atomic E-state index is -2.71. The molecule has 3 aliphatic carbocycles. The zero-order chi connectivity index (χ0) is 49.5. The molecule has 1 saturated heterocycles. The molecule has 364 valence electrons. The van der Waals surface area contributed by atoms with E-state index in [1.807, 2.05) is 47.6 Å². The second-order valence-corrected chi connectivity index (χ2v) is 25.1. The van der Waals surface area contributed by atoms with Gasteiger partial charge in [-0.25, -0.2) is 14.4 Å². The van der Waals surface area contributed by atoms with Crippen molar-refractivity contribution in [3.63, 3.8) is 0 Å². The van der Waals surface area contributed by atoms with Crippen LogP contribution in [0.1, 0.15) is 111 Å². The van der Waals surface area contributed by atoms with Gasteiger partial charge < -0.3 is 43.9 Å². The molecule has 3 N–H and O–H groups in total. The van der Waals surface area contributed by atoms with Gasteiger partial charge in [0.25, 0.3) is 0 Å². The van der Waals surface area contributed by atoms with Gasteiger partial charge in [0.1, 0.15) is 23.6 Å². The Kier molecular flexibility index (Phi) is 14.6. The van der Waals surface area contributed by atoms with Crippen molar-refractivity contribution < 1.29 is 62.0 Å². The van der Waals surface area contributed by atoms with Gasteiger partial charge >= 0.3 is 29.9 Å². The monoisotopic (exact) mass is 944 g/mol. The topological polar surface area (TPSA) is 202 Å². The van der Waals surface area contributed by atoms with Gasteiger partial charge in [-0.2, -0.15) is 0 Å². The van der Waals surface area contributed by atoms with E-state index < -0.39 is 120 Å². The molecular weight excluding hydrogens is 877 g/mol. The molecule has 0 aromatic heterocycles. The molecule has 2 aromatic rings. The predicted octanol–water partition coefficient (Wildman–Crippen LogP) is 7.44. The first-order chi connectivity index (χ1) is 31.3. The lowest BCUT2D eigenvalue weighted by atomic mass is 9.45. The molecule has 0 radical (unpaired) electrons. The Morgan fingerprint density at radius 1 is 0.896 bits per heavy atom. The summed E-state index contributed by atoms with van der Waals surface area (Å²) >= 11 is 0. The highest BCUT2D eigenvalue weighted by molar-refractivity contribution is 6.73. The summed E-state index contributed by atoms with van der Waals surface area (Å²) in [7, 11) is -2.71. The third-order valence-corrected chi connectivity index (χ3v) is 19.3. The summed E-state index contributed by atoms with van der Waals surface area (Å²) in [6, 6.07) is 17.4. The van der Waals surface area contributed by atoms with E-state index >= 15 is 9.59 Å². The van der Waals surface area contributed by atoms with Gasteiger partial charge in [-0.3, -0.25) is 14.4 Å². The van der Waals surface area contributed by atoms with Gasteiger partial charge in [-0.05, 0) is 76.0 Å². The SMILES string of the molecule is CC[Si](CC)(CC)O[C@@H](C(=O)OC1=C(C)C2[C@@H](OC(C)=O)C(=O)[C@]3(C)C=C[C@H]4OC[C@@]4(OC(C)=O)[C@H]3[C@H](OC(=O)c3ccccc3)[C@](O)(C1)C2(C)C)[C@@H](NC(=O)NC(C)(C)C)c1ccccc1. The number of hydrogen-bond acceptors (Lipinski definition) is 13. The maximum atomic E-state index is 15.7. The minimum absolute atomic E-state index is 0.0863. The highest BCUT2D eigenvalue weighted by atomic mass is 28.4. The number of Topliss-reactive ketones (excluding diaryl/α,β-unsaturated/α-hetero) is 1. The number of urea groups is 1. The average Bonchev–Trinajstić information content (AvgIpc) is 3.25. The number of ether oxygens (including phenoxy) is 5. The normalized spacial score (nSPS) is 29.6. The molecule has 10 atom stereocenters. The van der Waals surface area contributed by atoms with Crippen LogP contribution < -0.4 is 10.6 Å². The molecule has 2 fully saturated rings. The molecule has 1 unspecified atom stereocenters. The van der Waals surface area contributed by atoms with Crippen LogP contribution in [-0.4, -0.2) is 96.9 Å². The Labute approximate surface area is 394 Å². The summed E-state index contributed by atoms with van der Waals surface area (Å²) in [5, 5.41) is 19.9. The van der Waals surface area contributed by atoms with Crippen LogP contribution in [0.3, 0.4) is 0 Å². The Morgan fingerprint density at radius 2 is 1.49 bits per heavy atom. The van der Waals surface area contributed by atoms with Crippen molar-refractivity contribution in [1.82, 2.24) is 10.6 Å². The lowest BCUT2D eigenvalue weighted by molar-refractivity contribution is -0.311. The van der Waals surface area contributed by atoms with E-state index in [1.165, 1.54) is 13.8 Å². The largest absolute Gasteiger partial charge is 0.455 e. The Balaban J connectivity index is 1.59. The van der Waals surface area contributed by atoms with Crippen LogP contribution in [0.15, 0.2) is 84.1 Å². The number of ketones is 1. The quantitative estimate of drug-likeness (QED) is 0.0731. The number of carbonyl (C=O) groups excluding carboxylic acids is 6. The minimum Gasteiger partial charge on any atom is -0.455 e. The second kappa shape index (κ2) is 19.1. The number of aliphatic hydroxyl groups is 1. The molecule has 0 spiro atoms. The first kappa shape index (κ1) is 51.2. The number of rotatable bonds is 14. The zero-order valence-electron chi connectivity index (χ0n) is 40.9. The van der Waals surface area contributed by atoms with Crippen molar-refractivity contribution in [2.45, 2.75) is 155 Å². The van der Waals surface area contributed by atoms with E-state index in [-0.39, 0.29) is 17.9 Å². The highest BCUT2D eigenvalue weighted by Gasteiger charge is 2.76. The summed E-state index contributed by atoms with van der Waals surface area (Å²) in [6.07, 6.45) is -2.90. The summed E-state index contributed by atoms with van der Waals surface area (Å²) in [4.78, 5) is 85.5. The van der Waals surface area contributed by atoms with Crippen LogP contribution in [0.4, 0.5) is 4.79 Å². The van der Waals surface area contributed by atoms with Crippen molar-refractivity contribution in [2.24, 2.45) is 22.7 Å². The predicted molar refractivity (Wildman–Crippen MR) is 249 cm³/mol. The van der Waals surface area contributed by atoms with E-state index in [0.29, 0.717) is 29.3 Å². The van der Waals surface area contributed by atoms with Crippen LogP contribution in [0.5, 0.6) is 0 Å². The number of nitrogens with one attached hydrogen (secondary N) is 2. The molecule has 2 aromatic carbocycles. The number of fused-ring (bicyclic) bond motifs is 5. The number of amides is 2. The lowest BCUT2D eigenvalue weighted by Gasteiger charge is -2.65. The molecule has 15 nitrogen and oxygen atoms in total. The van der Waals surface area contributed by atoms with E-state index in [1.54, 1.807) is 94.4 Å². The third-order valence-electron chi connectivity index (χ3n) is 14.7. The molecule has 4 aliphatic rings. The van der Waals surface area contributed by atoms with Crippen LogP contribution >= 0.6 is 0 Å². The molecule has 2 amide bonds. The lowest BCUT2D eigenvalue weighted by Crippen LogP contribution is -2.79.